The van der Waals surface area contributed by atoms with E-state index in [0.717, 1.165) is 39.5 Å². The molecule has 1 N–H and O–H groups in total. The average Bonchev–Trinajstić information content (AvgIpc) is 3.29. The van der Waals surface area contributed by atoms with Crippen LogP contribution in [0.3, 0.4) is 0 Å². The van der Waals surface area contributed by atoms with Crippen LogP contribution in [0.5, 0.6) is 5.75 Å². The summed E-state index contributed by atoms with van der Waals surface area (Å²) in [4.78, 5) is 0. The molecular weight excluding hydrogens is 312 g/mol. The van der Waals surface area contributed by atoms with E-state index >= 15 is 0 Å². The first kappa shape index (κ1) is 14.0. The number of aromatic nitrogens is 4. The largest absolute Gasteiger partial charge is 0.487 e. The first-order valence-corrected chi connectivity index (χ1v) is 8.24. The zero-order chi connectivity index (χ0) is 16.6. The predicted octanol–water partition coefficient (Wildman–Crippen LogP) is 3.88. The number of ether oxygens (including phenoxy) is 1. The fourth-order valence-corrected chi connectivity index (χ4v) is 3.18. The second kappa shape index (κ2) is 5.63. The summed E-state index contributed by atoms with van der Waals surface area (Å²) in [5.41, 5.74) is 6.37. The van der Waals surface area contributed by atoms with Gasteiger partial charge in [-0.2, -0.15) is 10.2 Å². The van der Waals surface area contributed by atoms with Crippen LogP contribution in [0.4, 0.5) is 0 Å². The lowest BCUT2D eigenvalue weighted by atomic mass is 10.1. The van der Waals surface area contributed by atoms with Gasteiger partial charge in [0, 0.05) is 22.9 Å². The number of hydrogen-bond donors (Lipinski definition) is 1. The minimum Gasteiger partial charge on any atom is -0.487 e. The molecule has 5 rings (SSSR count). The summed E-state index contributed by atoms with van der Waals surface area (Å²) in [5, 5.41) is 11.8. The maximum Gasteiger partial charge on any atom is 0.130 e. The topological polar surface area (TPSA) is 55.7 Å². The summed E-state index contributed by atoms with van der Waals surface area (Å²) in [5.74, 6) is 0.902. The van der Waals surface area contributed by atoms with Crippen molar-refractivity contribution in [2.45, 2.75) is 13.2 Å². The summed E-state index contributed by atoms with van der Waals surface area (Å²) in [6, 6.07) is 20.5. The van der Waals surface area contributed by atoms with E-state index in [1.54, 1.807) is 6.20 Å². The second-order valence-electron chi connectivity index (χ2n) is 6.13. The maximum atomic E-state index is 6.07. The van der Waals surface area contributed by atoms with Crippen LogP contribution in [0.15, 0.2) is 66.9 Å². The Labute approximate surface area is 144 Å². The summed E-state index contributed by atoms with van der Waals surface area (Å²) < 4.78 is 8.10. The van der Waals surface area contributed by atoms with Crippen molar-refractivity contribution in [3.63, 3.8) is 0 Å². The molecule has 1 aliphatic rings. The number of hydrogen-bond acceptors (Lipinski definition) is 3. The van der Waals surface area contributed by atoms with E-state index in [0.29, 0.717) is 13.2 Å². The van der Waals surface area contributed by atoms with Crippen molar-refractivity contribution in [3.05, 3.63) is 78.1 Å². The number of nitrogens with one attached hydrogen (secondary N) is 1. The molecule has 0 aliphatic carbocycles. The highest BCUT2D eigenvalue weighted by molar-refractivity contribution is 5.63. The van der Waals surface area contributed by atoms with Crippen LogP contribution in [-0.4, -0.2) is 20.0 Å². The average molecular weight is 328 g/mol. The van der Waals surface area contributed by atoms with Crippen LogP contribution in [0.2, 0.25) is 0 Å². The van der Waals surface area contributed by atoms with Crippen LogP contribution in [0.25, 0.3) is 22.5 Å². The molecule has 5 heteroatoms. The van der Waals surface area contributed by atoms with E-state index in [1.807, 2.05) is 28.9 Å². The normalized spacial score (nSPS) is 12.8. The Bertz CT molecular complexity index is 1020. The van der Waals surface area contributed by atoms with Gasteiger partial charge in [-0.15, -0.1) is 0 Å². The molecule has 5 nitrogen and oxygen atoms in total. The van der Waals surface area contributed by atoms with Gasteiger partial charge in [-0.1, -0.05) is 42.5 Å². The molecular formula is C20H16N4O. The molecule has 0 saturated carbocycles. The zero-order valence-corrected chi connectivity index (χ0v) is 13.5. The van der Waals surface area contributed by atoms with Gasteiger partial charge >= 0.3 is 0 Å². The molecule has 0 atom stereocenters. The van der Waals surface area contributed by atoms with Crippen LogP contribution in [0, 0.1) is 0 Å². The fourth-order valence-electron chi connectivity index (χ4n) is 3.18. The standard InChI is InChI=1S/C20H16N4O/c1-2-4-14(5-3-1)19-11-17-13-25-20-10-15(18-8-9-21-22-18)6-7-16(20)12-24(17)23-19/h1-11H,12-13H2,(H,21,22). The van der Waals surface area contributed by atoms with E-state index in [2.05, 4.69) is 46.6 Å². The molecule has 4 aromatic rings. The van der Waals surface area contributed by atoms with Crippen molar-refractivity contribution in [3.8, 4) is 28.3 Å². The van der Waals surface area contributed by atoms with E-state index in [-0.39, 0.29) is 0 Å². The van der Waals surface area contributed by atoms with Gasteiger partial charge in [0.1, 0.15) is 12.4 Å². The number of rotatable bonds is 2. The number of H-pyrrole nitrogens is 1. The lowest BCUT2D eigenvalue weighted by Gasteiger charge is -2.08. The van der Waals surface area contributed by atoms with E-state index in [9.17, 15) is 0 Å². The minimum absolute atomic E-state index is 0.513. The Kier molecular flexibility index (Phi) is 3.16. The van der Waals surface area contributed by atoms with Crippen molar-refractivity contribution < 1.29 is 4.74 Å². The van der Waals surface area contributed by atoms with Crippen molar-refractivity contribution in [2.24, 2.45) is 0 Å². The van der Waals surface area contributed by atoms with Gasteiger partial charge in [0.2, 0.25) is 0 Å². The number of aromatic amines is 1. The summed E-state index contributed by atoms with van der Waals surface area (Å²) in [6.45, 7) is 1.22. The molecule has 0 amide bonds. The first-order chi connectivity index (χ1) is 12.4. The van der Waals surface area contributed by atoms with Gasteiger partial charge < -0.3 is 4.74 Å². The Morgan fingerprint density at radius 3 is 2.72 bits per heavy atom. The SMILES string of the molecule is c1ccc(-c2cc3n(n2)Cc2ccc(-c4ccn[nH]4)cc2OC3)cc1. The Balaban J connectivity index is 1.50. The highest BCUT2D eigenvalue weighted by atomic mass is 16.5. The van der Waals surface area contributed by atoms with Crippen molar-refractivity contribution >= 4 is 0 Å². The predicted molar refractivity (Wildman–Crippen MR) is 95.1 cm³/mol. The lowest BCUT2D eigenvalue weighted by Crippen LogP contribution is -2.03. The molecule has 0 bridgehead atoms. The maximum absolute atomic E-state index is 6.07. The first-order valence-electron chi connectivity index (χ1n) is 8.24. The smallest absolute Gasteiger partial charge is 0.130 e. The van der Waals surface area contributed by atoms with E-state index < -0.39 is 0 Å². The molecule has 0 unspecified atom stereocenters. The molecule has 2 aromatic carbocycles. The molecule has 0 saturated heterocycles. The molecule has 122 valence electrons. The number of benzene rings is 2. The van der Waals surface area contributed by atoms with Crippen molar-refractivity contribution in [1.29, 1.82) is 0 Å². The lowest BCUT2D eigenvalue weighted by molar-refractivity contribution is 0.302. The molecule has 1 aliphatic heterocycles. The third-order valence-corrected chi connectivity index (χ3v) is 4.51. The van der Waals surface area contributed by atoms with Gasteiger partial charge in [0.05, 0.1) is 23.6 Å². The molecule has 2 aromatic heterocycles. The highest BCUT2D eigenvalue weighted by Crippen LogP contribution is 2.31. The Hall–Kier alpha value is -3.34. The Morgan fingerprint density at radius 1 is 0.960 bits per heavy atom. The summed E-state index contributed by atoms with van der Waals surface area (Å²) in [7, 11) is 0. The highest BCUT2D eigenvalue weighted by Gasteiger charge is 2.17. The van der Waals surface area contributed by atoms with Gasteiger partial charge in [-0.25, -0.2) is 0 Å². The van der Waals surface area contributed by atoms with Crippen LogP contribution in [-0.2, 0) is 13.2 Å². The van der Waals surface area contributed by atoms with Gasteiger partial charge in [0.25, 0.3) is 0 Å². The third-order valence-electron chi connectivity index (χ3n) is 4.51. The summed E-state index contributed by atoms with van der Waals surface area (Å²) in [6.07, 6.45) is 1.75. The van der Waals surface area contributed by atoms with Gasteiger partial charge in [-0.05, 0) is 18.2 Å². The number of nitrogens with zero attached hydrogens (tertiary/aromatic N) is 3. The minimum atomic E-state index is 0.513. The second-order valence-corrected chi connectivity index (χ2v) is 6.13. The molecule has 25 heavy (non-hydrogen) atoms. The fraction of sp³-hybridized carbons (Fsp3) is 0.100. The Morgan fingerprint density at radius 2 is 1.88 bits per heavy atom. The molecule has 0 radical (unpaired) electrons. The molecule has 0 spiro atoms. The summed E-state index contributed by atoms with van der Waals surface area (Å²) >= 11 is 0. The molecule has 0 fully saturated rings. The van der Waals surface area contributed by atoms with E-state index in [4.69, 9.17) is 9.84 Å². The van der Waals surface area contributed by atoms with Crippen molar-refractivity contribution in [2.75, 3.05) is 0 Å². The quantitative estimate of drug-likeness (QED) is 0.607. The van der Waals surface area contributed by atoms with Crippen molar-refractivity contribution in [1.82, 2.24) is 20.0 Å². The molecule has 3 heterocycles. The monoisotopic (exact) mass is 328 g/mol. The van der Waals surface area contributed by atoms with E-state index in [1.165, 1.54) is 0 Å². The third kappa shape index (κ3) is 2.50. The van der Waals surface area contributed by atoms with Crippen LogP contribution < -0.4 is 4.74 Å². The van der Waals surface area contributed by atoms with Gasteiger partial charge in [0.15, 0.2) is 0 Å². The van der Waals surface area contributed by atoms with Crippen LogP contribution in [0.1, 0.15) is 11.3 Å². The zero-order valence-electron chi connectivity index (χ0n) is 13.5. The number of fused-ring (bicyclic) bond motifs is 2. The van der Waals surface area contributed by atoms with Crippen LogP contribution >= 0.6 is 0 Å². The van der Waals surface area contributed by atoms with Gasteiger partial charge in [-0.3, -0.25) is 9.78 Å².